The van der Waals surface area contributed by atoms with Crippen molar-refractivity contribution in [1.29, 1.82) is 0 Å². The lowest BCUT2D eigenvalue weighted by atomic mass is 10.0. The third-order valence-corrected chi connectivity index (χ3v) is 3.31. The third kappa shape index (κ3) is 5.97. The van der Waals surface area contributed by atoms with Crippen molar-refractivity contribution in [3.63, 3.8) is 0 Å². The second kappa shape index (κ2) is 8.81. The highest BCUT2D eigenvalue weighted by atomic mass is 16.5. The van der Waals surface area contributed by atoms with Gasteiger partial charge in [0.05, 0.1) is 13.7 Å². The minimum atomic E-state index is 0.702. The van der Waals surface area contributed by atoms with Gasteiger partial charge in [0.25, 0.3) is 0 Å². The van der Waals surface area contributed by atoms with E-state index in [1.807, 2.05) is 32.0 Å². The summed E-state index contributed by atoms with van der Waals surface area (Å²) < 4.78 is 10.5. The summed E-state index contributed by atoms with van der Waals surface area (Å²) in [5.74, 6) is 2.77. The van der Waals surface area contributed by atoms with E-state index in [0.29, 0.717) is 6.61 Å². The quantitative estimate of drug-likeness (QED) is 0.908. The van der Waals surface area contributed by atoms with E-state index in [1.165, 1.54) is 25.9 Å². The lowest BCUT2D eigenvalue weighted by Gasteiger charge is -2.17. The first kappa shape index (κ1) is 15.8. The maximum Gasteiger partial charge on any atom is 0.122 e. The maximum atomic E-state index is 5.38. The number of nitrogens with one attached hydrogen (secondary N) is 1. The van der Waals surface area contributed by atoms with Gasteiger partial charge in [0.1, 0.15) is 11.5 Å². The van der Waals surface area contributed by atoms with Gasteiger partial charge >= 0.3 is 0 Å². The first-order chi connectivity index (χ1) is 9.17. The van der Waals surface area contributed by atoms with Crippen LogP contribution in [0.15, 0.2) is 18.2 Å². The molecular weight excluding hydrogens is 238 g/mol. The standard InChI is InChI=1S/C10H14O2.C6H13N/c1-4-12-10-6-5-9(11-3)7-8(10)2;1-6-2-4-7-5-3-6/h5-7H,4H2,1-3H3;6-7H,2-5H2,1H3. The summed E-state index contributed by atoms with van der Waals surface area (Å²) in [5.41, 5.74) is 1.11. The van der Waals surface area contributed by atoms with E-state index in [4.69, 9.17) is 9.47 Å². The monoisotopic (exact) mass is 265 g/mol. The predicted molar refractivity (Wildman–Crippen MR) is 80.2 cm³/mol. The van der Waals surface area contributed by atoms with Crippen LogP contribution >= 0.6 is 0 Å². The van der Waals surface area contributed by atoms with Crippen molar-refractivity contribution >= 4 is 0 Å². The summed E-state index contributed by atoms with van der Waals surface area (Å²) in [7, 11) is 1.66. The van der Waals surface area contributed by atoms with Crippen LogP contribution in [0.1, 0.15) is 32.3 Å². The third-order valence-electron chi connectivity index (χ3n) is 3.31. The molecule has 2 rings (SSSR count). The van der Waals surface area contributed by atoms with Crippen molar-refractivity contribution in [1.82, 2.24) is 5.32 Å². The molecule has 0 atom stereocenters. The Morgan fingerprint density at radius 3 is 2.37 bits per heavy atom. The molecule has 0 radical (unpaired) electrons. The van der Waals surface area contributed by atoms with Crippen LogP contribution in [0.2, 0.25) is 0 Å². The first-order valence-electron chi connectivity index (χ1n) is 7.15. The van der Waals surface area contributed by atoms with Crippen LogP contribution in [0.5, 0.6) is 11.5 Å². The molecule has 19 heavy (non-hydrogen) atoms. The Bertz CT molecular complexity index is 360. The second-order valence-corrected chi connectivity index (χ2v) is 5.00. The minimum absolute atomic E-state index is 0.702. The molecule has 0 amide bonds. The molecule has 1 heterocycles. The van der Waals surface area contributed by atoms with Gasteiger partial charge in [-0.3, -0.25) is 0 Å². The molecule has 0 bridgehead atoms. The molecule has 3 heteroatoms. The normalized spacial score (nSPS) is 15.4. The van der Waals surface area contributed by atoms with Crippen molar-refractivity contribution in [3.05, 3.63) is 23.8 Å². The molecule has 1 aromatic carbocycles. The average Bonchev–Trinajstić information content (AvgIpc) is 2.43. The fourth-order valence-corrected chi connectivity index (χ4v) is 2.03. The molecule has 0 unspecified atom stereocenters. The van der Waals surface area contributed by atoms with E-state index >= 15 is 0 Å². The largest absolute Gasteiger partial charge is 0.497 e. The highest BCUT2D eigenvalue weighted by molar-refractivity contribution is 5.39. The van der Waals surface area contributed by atoms with Crippen molar-refractivity contribution in [3.8, 4) is 11.5 Å². The summed E-state index contributed by atoms with van der Waals surface area (Å²) in [6.07, 6.45) is 2.75. The molecular formula is C16H27NO2. The van der Waals surface area contributed by atoms with Crippen LogP contribution < -0.4 is 14.8 Å². The number of methoxy groups -OCH3 is 1. The molecule has 0 aliphatic carbocycles. The first-order valence-corrected chi connectivity index (χ1v) is 7.15. The van der Waals surface area contributed by atoms with Crippen molar-refractivity contribution in [2.75, 3.05) is 26.8 Å². The van der Waals surface area contributed by atoms with Crippen LogP contribution in [0.25, 0.3) is 0 Å². The van der Waals surface area contributed by atoms with Crippen molar-refractivity contribution < 1.29 is 9.47 Å². The molecule has 0 saturated carbocycles. The number of hydrogen-bond acceptors (Lipinski definition) is 3. The Morgan fingerprint density at radius 2 is 1.95 bits per heavy atom. The van der Waals surface area contributed by atoms with Gasteiger partial charge in [-0.2, -0.15) is 0 Å². The lowest BCUT2D eigenvalue weighted by molar-refractivity contribution is 0.336. The fraction of sp³-hybridized carbons (Fsp3) is 0.625. The molecule has 108 valence electrons. The van der Waals surface area contributed by atoms with Gasteiger partial charge in [-0.1, -0.05) is 6.92 Å². The molecule has 1 aliphatic rings. The average molecular weight is 265 g/mol. The van der Waals surface area contributed by atoms with E-state index in [1.54, 1.807) is 7.11 Å². The number of aryl methyl sites for hydroxylation is 1. The van der Waals surface area contributed by atoms with Crippen molar-refractivity contribution in [2.45, 2.75) is 33.6 Å². The zero-order valence-electron chi connectivity index (χ0n) is 12.7. The minimum Gasteiger partial charge on any atom is -0.497 e. The van der Waals surface area contributed by atoms with Gasteiger partial charge < -0.3 is 14.8 Å². The number of rotatable bonds is 3. The predicted octanol–water partition coefficient (Wildman–Crippen LogP) is 3.41. The molecule has 3 nitrogen and oxygen atoms in total. The smallest absolute Gasteiger partial charge is 0.122 e. The van der Waals surface area contributed by atoms with E-state index in [-0.39, 0.29) is 0 Å². The zero-order valence-corrected chi connectivity index (χ0v) is 12.7. The van der Waals surface area contributed by atoms with E-state index < -0.39 is 0 Å². The maximum absolute atomic E-state index is 5.38. The Morgan fingerprint density at radius 1 is 1.26 bits per heavy atom. The second-order valence-electron chi connectivity index (χ2n) is 5.00. The Labute approximate surface area is 117 Å². The van der Waals surface area contributed by atoms with Crippen LogP contribution in [-0.2, 0) is 0 Å². The fourth-order valence-electron chi connectivity index (χ4n) is 2.03. The van der Waals surface area contributed by atoms with Gasteiger partial charge in [0, 0.05) is 0 Å². The number of benzene rings is 1. The lowest BCUT2D eigenvalue weighted by Crippen LogP contribution is -2.26. The summed E-state index contributed by atoms with van der Waals surface area (Å²) >= 11 is 0. The van der Waals surface area contributed by atoms with Gasteiger partial charge in [0.2, 0.25) is 0 Å². The summed E-state index contributed by atoms with van der Waals surface area (Å²) in [6, 6.07) is 5.79. The molecule has 1 aliphatic heterocycles. The Hall–Kier alpha value is -1.22. The zero-order chi connectivity index (χ0) is 14.1. The number of hydrogen-bond donors (Lipinski definition) is 1. The molecule has 1 fully saturated rings. The van der Waals surface area contributed by atoms with Gasteiger partial charge in [0.15, 0.2) is 0 Å². The SMILES string of the molecule is CC1CCNCC1.CCOc1ccc(OC)cc1C. The number of piperidine rings is 1. The van der Waals surface area contributed by atoms with Gasteiger partial charge in [-0.15, -0.1) is 0 Å². The van der Waals surface area contributed by atoms with Crippen LogP contribution in [0.3, 0.4) is 0 Å². The summed E-state index contributed by atoms with van der Waals surface area (Å²) in [4.78, 5) is 0. The highest BCUT2D eigenvalue weighted by Crippen LogP contribution is 2.22. The Balaban J connectivity index is 0.000000218. The highest BCUT2D eigenvalue weighted by Gasteiger charge is 2.05. The summed E-state index contributed by atoms with van der Waals surface area (Å²) in [6.45, 7) is 9.48. The van der Waals surface area contributed by atoms with Gasteiger partial charge in [-0.05, 0) is 69.5 Å². The topological polar surface area (TPSA) is 30.5 Å². The van der Waals surface area contributed by atoms with Crippen LogP contribution in [0.4, 0.5) is 0 Å². The van der Waals surface area contributed by atoms with E-state index in [0.717, 1.165) is 23.0 Å². The molecule has 0 aromatic heterocycles. The summed E-state index contributed by atoms with van der Waals surface area (Å²) in [5, 5.41) is 3.32. The molecule has 1 N–H and O–H groups in total. The van der Waals surface area contributed by atoms with E-state index in [9.17, 15) is 0 Å². The molecule has 0 spiro atoms. The van der Waals surface area contributed by atoms with E-state index in [2.05, 4.69) is 12.2 Å². The van der Waals surface area contributed by atoms with Crippen molar-refractivity contribution in [2.24, 2.45) is 5.92 Å². The molecule has 1 aromatic rings. The Kier molecular flexibility index (Phi) is 7.34. The van der Waals surface area contributed by atoms with Gasteiger partial charge in [-0.25, -0.2) is 0 Å². The number of ether oxygens (including phenoxy) is 2. The van der Waals surface area contributed by atoms with Crippen LogP contribution in [0, 0.1) is 12.8 Å². The van der Waals surface area contributed by atoms with Crippen LogP contribution in [-0.4, -0.2) is 26.8 Å². The molecule has 1 saturated heterocycles.